The number of thiocarbonyl (C=S) groups is 1. The van der Waals surface area contributed by atoms with Crippen LogP contribution in [0.1, 0.15) is 55.8 Å². The van der Waals surface area contributed by atoms with Crippen LogP contribution < -0.4 is 20.9 Å². The van der Waals surface area contributed by atoms with Crippen molar-refractivity contribution in [2.75, 3.05) is 6.61 Å². The first-order valence-electron chi connectivity index (χ1n) is 8.84. The summed E-state index contributed by atoms with van der Waals surface area (Å²) in [7, 11) is 0. The van der Waals surface area contributed by atoms with E-state index in [4.69, 9.17) is 17.0 Å². The number of hydrogen-bond acceptors (Lipinski definition) is 4. The van der Waals surface area contributed by atoms with E-state index >= 15 is 0 Å². The highest BCUT2D eigenvalue weighted by atomic mass is 79.9. The number of ether oxygens (including phenoxy) is 1. The van der Waals surface area contributed by atoms with Crippen molar-refractivity contribution in [3.05, 3.63) is 28.2 Å². The Kier molecular flexibility index (Phi) is 8.31. The minimum Gasteiger partial charge on any atom is -0.492 e. The van der Waals surface area contributed by atoms with Gasteiger partial charge in [0.2, 0.25) is 5.91 Å². The summed E-state index contributed by atoms with van der Waals surface area (Å²) in [5, 5.41) is 2.61. The van der Waals surface area contributed by atoms with Crippen molar-refractivity contribution < 1.29 is 14.3 Å². The molecule has 1 aliphatic rings. The maximum atomic E-state index is 12.3. The molecule has 8 heteroatoms. The molecule has 0 bridgehead atoms. The highest BCUT2D eigenvalue weighted by Crippen LogP contribution is 2.26. The van der Waals surface area contributed by atoms with Gasteiger partial charge in [0.1, 0.15) is 5.75 Å². The second-order valence-corrected chi connectivity index (χ2v) is 7.49. The van der Waals surface area contributed by atoms with Crippen molar-refractivity contribution in [1.29, 1.82) is 0 Å². The average molecular weight is 442 g/mol. The smallest absolute Gasteiger partial charge is 0.257 e. The fourth-order valence-electron chi connectivity index (χ4n) is 2.76. The molecule has 1 aromatic rings. The Hall–Kier alpha value is -1.67. The van der Waals surface area contributed by atoms with Crippen molar-refractivity contribution in [3.8, 4) is 5.75 Å². The number of carbonyl (C=O) groups is 2. The van der Waals surface area contributed by atoms with Crippen molar-refractivity contribution >= 4 is 45.1 Å². The molecule has 0 aromatic heterocycles. The van der Waals surface area contributed by atoms with Gasteiger partial charge >= 0.3 is 0 Å². The van der Waals surface area contributed by atoms with Gasteiger partial charge in [0.25, 0.3) is 5.91 Å². The van der Waals surface area contributed by atoms with E-state index in [0.29, 0.717) is 22.4 Å². The number of hydrazine groups is 1. The maximum Gasteiger partial charge on any atom is 0.257 e. The fraction of sp³-hybridized carbons (Fsp3) is 0.500. The summed E-state index contributed by atoms with van der Waals surface area (Å²) in [6.45, 7) is 2.63. The number of halogens is 1. The summed E-state index contributed by atoms with van der Waals surface area (Å²) in [6, 6.07) is 5.06. The molecule has 1 saturated carbocycles. The number of rotatable bonds is 5. The Bertz CT molecular complexity index is 663. The molecule has 0 aliphatic heterocycles. The predicted octanol–water partition coefficient (Wildman–Crippen LogP) is 3.45. The molecule has 0 unspecified atom stereocenters. The lowest BCUT2D eigenvalue weighted by Crippen LogP contribution is -2.50. The number of hydrogen-bond donors (Lipinski definition) is 3. The third kappa shape index (κ3) is 6.25. The molecule has 2 rings (SSSR count). The molecule has 26 heavy (non-hydrogen) atoms. The molecule has 142 valence electrons. The Labute approximate surface area is 167 Å². The topological polar surface area (TPSA) is 79.5 Å². The Morgan fingerprint density at radius 1 is 1.23 bits per heavy atom. The first kappa shape index (κ1) is 20.6. The van der Waals surface area contributed by atoms with Gasteiger partial charge in [-0.1, -0.05) is 26.2 Å². The first-order chi connectivity index (χ1) is 12.5. The van der Waals surface area contributed by atoms with Gasteiger partial charge in [0, 0.05) is 11.5 Å². The minimum atomic E-state index is -0.364. The molecule has 0 spiro atoms. The van der Waals surface area contributed by atoms with Gasteiger partial charge in [-0.25, -0.2) is 0 Å². The SMILES string of the molecule is CCCOc1ccc(C(=O)NC(=S)NNC(=O)C2CCCCC2)cc1Br. The molecule has 2 amide bonds. The Morgan fingerprint density at radius 2 is 1.96 bits per heavy atom. The zero-order chi connectivity index (χ0) is 18.9. The summed E-state index contributed by atoms with van der Waals surface area (Å²) in [5.41, 5.74) is 5.61. The summed E-state index contributed by atoms with van der Waals surface area (Å²) in [4.78, 5) is 24.3. The van der Waals surface area contributed by atoms with Crippen LogP contribution in [0.4, 0.5) is 0 Å². The summed E-state index contributed by atoms with van der Waals surface area (Å²) in [6.07, 6.45) is 6.03. The molecular weight excluding hydrogens is 418 g/mol. The molecule has 0 saturated heterocycles. The van der Waals surface area contributed by atoms with Crippen LogP contribution in [-0.4, -0.2) is 23.5 Å². The molecule has 1 aromatic carbocycles. The molecule has 0 radical (unpaired) electrons. The lowest BCUT2D eigenvalue weighted by Gasteiger charge is -2.21. The maximum absolute atomic E-state index is 12.3. The zero-order valence-electron chi connectivity index (χ0n) is 14.8. The second kappa shape index (κ2) is 10.5. The van der Waals surface area contributed by atoms with Gasteiger partial charge < -0.3 is 4.74 Å². The minimum absolute atomic E-state index is 0.0152. The summed E-state index contributed by atoms with van der Waals surface area (Å²) < 4.78 is 6.26. The highest BCUT2D eigenvalue weighted by molar-refractivity contribution is 9.10. The lowest BCUT2D eigenvalue weighted by atomic mass is 9.89. The molecule has 6 nitrogen and oxygen atoms in total. The number of benzene rings is 1. The third-order valence-electron chi connectivity index (χ3n) is 4.16. The number of carbonyl (C=O) groups excluding carboxylic acids is 2. The fourth-order valence-corrected chi connectivity index (χ4v) is 3.40. The molecule has 0 atom stereocenters. The molecule has 1 fully saturated rings. The van der Waals surface area contributed by atoms with Crippen LogP contribution in [0.2, 0.25) is 0 Å². The largest absolute Gasteiger partial charge is 0.492 e. The van der Waals surface area contributed by atoms with Crippen LogP contribution in [0.5, 0.6) is 5.75 Å². The number of nitrogens with one attached hydrogen (secondary N) is 3. The third-order valence-corrected chi connectivity index (χ3v) is 4.98. The van der Waals surface area contributed by atoms with E-state index in [0.717, 1.165) is 32.1 Å². The molecule has 1 aliphatic carbocycles. The van der Waals surface area contributed by atoms with E-state index in [9.17, 15) is 9.59 Å². The monoisotopic (exact) mass is 441 g/mol. The van der Waals surface area contributed by atoms with Gasteiger partial charge in [-0.15, -0.1) is 0 Å². The van der Waals surface area contributed by atoms with Crippen molar-refractivity contribution in [2.45, 2.75) is 45.4 Å². The Balaban J connectivity index is 1.81. The Morgan fingerprint density at radius 3 is 2.62 bits per heavy atom. The van der Waals surface area contributed by atoms with E-state index < -0.39 is 0 Å². The second-order valence-electron chi connectivity index (χ2n) is 6.23. The van der Waals surface area contributed by atoms with Crippen LogP contribution in [0.15, 0.2) is 22.7 Å². The van der Waals surface area contributed by atoms with Crippen LogP contribution in [0.3, 0.4) is 0 Å². The van der Waals surface area contributed by atoms with E-state index in [-0.39, 0.29) is 22.8 Å². The van der Waals surface area contributed by atoms with Crippen molar-refractivity contribution in [3.63, 3.8) is 0 Å². The van der Waals surface area contributed by atoms with E-state index in [2.05, 4.69) is 32.1 Å². The van der Waals surface area contributed by atoms with Crippen molar-refractivity contribution in [1.82, 2.24) is 16.2 Å². The van der Waals surface area contributed by atoms with Gasteiger partial charge in [-0.3, -0.25) is 25.8 Å². The van der Waals surface area contributed by atoms with E-state index in [1.807, 2.05) is 6.92 Å². The summed E-state index contributed by atoms with van der Waals surface area (Å²) in [5.74, 6) is 0.254. The number of amides is 2. The molecule has 3 N–H and O–H groups in total. The van der Waals surface area contributed by atoms with E-state index in [1.54, 1.807) is 18.2 Å². The lowest BCUT2D eigenvalue weighted by molar-refractivity contribution is -0.126. The van der Waals surface area contributed by atoms with Crippen molar-refractivity contribution in [2.24, 2.45) is 5.92 Å². The van der Waals surface area contributed by atoms with Gasteiger partial charge in [-0.2, -0.15) is 0 Å². The normalized spacial score (nSPS) is 14.4. The zero-order valence-corrected chi connectivity index (χ0v) is 17.2. The molecule has 0 heterocycles. The van der Waals surface area contributed by atoms with Crippen LogP contribution in [0, 0.1) is 5.92 Å². The highest BCUT2D eigenvalue weighted by Gasteiger charge is 2.21. The van der Waals surface area contributed by atoms with E-state index in [1.165, 1.54) is 6.42 Å². The van der Waals surface area contributed by atoms with Gasteiger partial charge in [0.15, 0.2) is 5.11 Å². The van der Waals surface area contributed by atoms with Gasteiger partial charge in [-0.05, 0) is 65.6 Å². The molecular formula is C18H24BrN3O3S. The van der Waals surface area contributed by atoms with Crippen LogP contribution >= 0.6 is 28.1 Å². The van der Waals surface area contributed by atoms with Crippen LogP contribution in [0.25, 0.3) is 0 Å². The standard InChI is InChI=1S/C18H24BrN3O3S/c1-2-10-25-15-9-8-13(11-14(15)19)16(23)20-18(26)22-21-17(24)12-6-4-3-5-7-12/h8-9,11-12H,2-7,10H2,1H3,(H,21,24)(H2,20,22,23,26). The average Bonchev–Trinajstić information content (AvgIpc) is 2.65. The summed E-state index contributed by atoms with van der Waals surface area (Å²) >= 11 is 8.47. The quantitative estimate of drug-likeness (QED) is 0.481. The first-order valence-corrected chi connectivity index (χ1v) is 10.0. The van der Waals surface area contributed by atoms with Gasteiger partial charge in [0.05, 0.1) is 11.1 Å². The van der Waals surface area contributed by atoms with Crippen LogP contribution in [-0.2, 0) is 4.79 Å². The predicted molar refractivity (Wildman–Crippen MR) is 108 cm³/mol.